The van der Waals surface area contributed by atoms with Gasteiger partial charge in [0.15, 0.2) is 0 Å². The highest BCUT2D eigenvalue weighted by atomic mass is 16.3. The average molecular weight is 678 g/mol. The molecule has 5 heteroatoms. The first-order chi connectivity index (χ1) is 23.6. The van der Waals surface area contributed by atoms with Gasteiger partial charge in [-0.25, -0.2) is 0 Å². The summed E-state index contributed by atoms with van der Waals surface area (Å²) in [5, 5.41) is 33.0. The molecule has 0 saturated carbocycles. The lowest BCUT2D eigenvalue weighted by atomic mass is 10.0. The monoisotopic (exact) mass is 678 g/mol. The molecule has 0 heterocycles. The molecular formula is C43H83NO4. The van der Waals surface area contributed by atoms with E-state index in [1.807, 2.05) is 6.08 Å². The van der Waals surface area contributed by atoms with E-state index in [-0.39, 0.29) is 6.61 Å². The Morgan fingerprint density at radius 2 is 0.833 bits per heavy atom. The van der Waals surface area contributed by atoms with Crippen LogP contribution < -0.4 is 5.32 Å². The lowest BCUT2D eigenvalue weighted by Gasteiger charge is -2.21. The Kier molecular flexibility index (Phi) is 37.7. The fourth-order valence-electron chi connectivity index (χ4n) is 6.41. The Morgan fingerprint density at radius 1 is 0.500 bits per heavy atom. The van der Waals surface area contributed by atoms with Gasteiger partial charge < -0.3 is 20.6 Å². The highest BCUT2D eigenvalue weighted by Gasteiger charge is 2.22. The summed E-state index contributed by atoms with van der Waals surface area (Å²) in [7, 11) is 0. The molecule has 0 aromatic carbocycles. The van der Waals surface area contributed by atoms with Gasteiger partial charge in [-0.15, -0.1) is 0 Å². The fraction of sp³-hybridized carbons (Fsp3) is 0.884. The first-order valence-electron chi connectivity index (χ1n) is 21.2. The summed E-state index contributed by atoms with van der Waals surface area (Å²) in [4.78, 5) is 12.4. The van der Waals surface area contributed by atoms with E-state index in [2.05, 4.69) is 31.3 Å². The van der Waals surface area contributed by atoms with Gasteiger partial charge in [-0.05, 0) is 44.9 Å². The van der Waals surface area contributed by atoms with Crippen molar-refractivity contribution in [1.82, 2.24) is 5.32 Å². The number of allylic oxidation sites excluding steroid dienone is 3. The van der Waals surface area contributed by atoms with Crippen molar-refractivity contribution in [3.05, 3.63) is 24.3 Å². The quantitative estimate of drug-likeness (QED) is 0.0387. The Labute approximate surface area is 299 Å². The van der Waals surface area contributed by atoms with Crippen LogP contribution in [-0.2, 0) is 4.79 Å². The van der Waals surface area contributed by atoms with E-state index in [0.29, 0.717) is 6.42 Å². The molecule has 0 spiro atoms. The maximum atomic E-state index is 12.4. The van der Waals surface area contributed by atoms with Gasteiger partial charge in [-0.1, -0.05) is 199 Å². The van der Waals surface area contributed by atoms with Crippen molar-refractivity contribution in [3.8, 4) is 0 Å². The topological polar surface area (TPSA) is 89.8 Å². The van der Waals surface area contributed by atoms with Crippen molar-refractivity contribution >= 4 is 5.91 Å². The maximum Gasteiger partial charge on any atom is 0.249 e. The molecule has 0 aromatic heterocycles. The summed E-state index contributed by atoms with van der Waals surface area (Å²) >= 11 is 0. The molecule has 3 unspecified atom stereocenters. The fourth-order valence-corrected chi connectivity index (χ4v) is 6.41. The second-order valence-corrected chi connectivity index (χ2v) is 14.6. The highest BCUT2D eigenvalue weighted by molar-refractivity contribution is 5.80. The lowest BCUT2D eigenvalue weighted by Crippen LogP contribution is -2.48. The lowest BCUT2D eigenvalue weighted by molar-refractivity contribution is -0.131. The number of carbonyl (C=O) groups is 1. The summed E-state index contributed by atoms with van der Waals surface area (Å²) < 4.78 is 0. The van der Waals surface area contributed by atoms with Crippen LogP contribution in [-0.4, -0.2) is 46.1 Å². The highest BCUT2D eigenvalue weighted by Crippen LogP contribution is 2.15. The average Bonchev–Trinajstić information content (AvgIpc) is 3.09. The second kappa shape index (κ2) is 38.6. The van der Waals surface area contributed by atoms with Gasteiger partial charge in [-0.3, -0.25) is 4.79 Å². The smallest absolute Gasteiger partial charge is 0.249 e. The van der Waals surface area contributed by atoms with Crippen LogP contribution in [0.1, 0.15) is 219 Å². The van der Waals surface area contributed by atoms with Crippen LogP contribution in [0.25, 0.3) is 0 Å². The molecule has 0 radical (unpaired) electrons. The van der Waals surface area contributed by atoms with Crippen LogP contribution in [0.3, 0.4) is 0 Å². The van der Waals surface area contributed by atoms with Gasteiger partial charge in [0.1, 0.15) is 6.10 Å². The number of aliphatic hydroxyl groups excluding tert-OH is 3. The third kappa shape index (κ3) is 33.3. The zero-order valence-corrected chi connectivity index (χ0v) is 32.1. The van der Waals surface area contributed by atoms with Gasteiger partial charge >= 0.3 is 0 Å². The Balaban J connectivity index is 3.66. The number of hydrogen-bond acceptors (Lipinski definition) is 4. The van der Waals surface area contributed by atoms with Gasteiger partial charge in [-0.2, -0.15) is 0 Å². The van der Waals surface area contributed by atoms with Crippen molar-refractivity contribution in [1.29, 1.82) is 0 Å². The summed E-state index contributed by atoms with van der Waals surface area (Å²) in [6.45, 7) is 4.16. The molecule has 1 amide bonds. The zero-order valence-electron chi connectivity index (χ0n) is 32.1. The number of aliphatic hydroxyl groups is 3. The van der Waals surface area contributed by atoms with E-state index in [4.69, 9.17) is 0 Å². The molecule has 284 valence electrons. The number of amides is 1. The summed E-state index contributed by atoms with van der Waals surface area (Å²) in [6.07, 6.45) is 46.4. The van der Waals surface area contributed by atoms with Gasteiger partial charge in [0.2, 0.25) is 5.91 Å². The number of nitrogens with one attached hydrogen (secondary N) is 1. The molecular weight excluding hydrogens is 594 g/mol. The number of unbranched alkanes of at least 4 members (excludes halogenated alkanes) is 28. The van der Waals surface area contributed by atoms with E-state index in [1.165, 1.54) is 161 Å². The largest absolute Gasteiger partial charge is 0.394 e. The van der Waals surface area contributed by atoms with Crippen LogP contribution in [0, 0.1) is 0 Å². The van der Waals surface area contributed by atoms with Crippen molar-refractivity contribution in [3.63, 3.8) is 0 Å². The van der Waals surface area contributed by atoms with Crippen LogP contribution in [0.4, 0.5) is 0 Å². The van der Waals surface area contributed by atoms with Crippen LogP contribution in [0.15, 0.2) is 24.3 Å². The number of carbonyl (C=O) groups excluding carboxylic acids is 1. The minimum absolute atomic E-state index is 0.368. The minimum atomic E-state index is -1.11. The maximum absolute atomic E-state index is 12.4. The third-order valence-electron chi connectivity index (χ3n) is 9.79. The first kappa shape index (κ1) is 46.8. The van der Waals surface area contributed by atoms with Gasteiger partial charge in [0.25, 0.3) is 0 Å². The molecule has 0 aliphatic carbocycles. The van der Waals surface area contributed by atoms with Crippen molar-refractivity contribution < 1.29 is 20.1 Å². The predicted octanol–water partition coefficient (Wildman–Crippen LogP) is 11.8. The summed E-state index contributed by atoms with van der Waals surface area (Å²) in [5.41, 5.74) is 0. The van der Waals surface area contributed by atoms with Crippen molar-refractivity contribution in [2.45, 2.75) is 238 Å². The molecule has 0 aliphatic heterocycles. The van der Waals surface area contributed by atoms with E-state index >= 15 is 0 Å². The summed E-state index contributed by atoms with van der Waals surface area (Å²) in [5.74, 6) is -0.519. The Bertz CT molecular complexity index is 709. The molecule has 0 fully saturated rings. The molecule has 0 bridgehead atoms. The molecule has 5 nitrogen and oxygen atoms in total. The van der Waals surface area contributed by atoms with Crippen molar-refractivity contribution in [2.24, 2.45) is 0 Å². The molecule has 0 rings (SSSR count). The molecule has 0 aromatic rings. The normalized spacial score (nSPS) is 13.9. The van der Waals surface area contributed by atoms with E-state index < -0.39 is 24.2 Å². The van der Waals surface area contributed by atoms with E-state index in [9.17, 15) is 20.1 Å². The van der Waals surface area contributed by atoms with Crippen molar-refractivity contribution in [2.75, 3.05) is 6.61 Å². The zero-order chi connectivity index (χ0) is 35.2. The van der Waals surface area contributed by atoms with Crippen LogP contribution >= 0.6 is 0 Å². The number of rotatable bonds is 38. The number of hydrogen-bond donors (Lipinski definition) is 4. The van der Waals surface area contributed by atoms with E-state index in [0.717, 1.165) is 38.5 Å². The van der Waals surface area contributed by atoms with Gasteiger partial charge in [0.05, 0.1) is 18.8 Å². The molecule has 0 saturated heterocycles. The van der Waals surface area contributed by atoms with Crippen LogP contribution in [0.5, 0.6) is 0 Å². The second-order valence-electron chi connectivity index (χ2n) is 14.6. The molecule has 48 heavy (non-hydrogen) atoms. The SMILES string of the molecule is CCCCCCCC/C=C\CCCCC(O)C(=O)NC(CO)C(O)/C=C/CCCCCCCCCCCCCCCCCCCCCC. The molecule has 4 N–H and O–H groups in total. The Morgan fingerprint density at radius 3 is 1.21 bits per heavy atom. The minimum Gasteiger partial charge on any atom is -0.394 e. The summed E-state index contributed by atoms with van der Waals surface area (Å²) in [6, 6.07) is -0.803. The van der Waals surface area contributed by atoms with E-state index in [1.54, 1.807) is 6.08 Å². The first-order valence-corrected chi connectivity index (χ1v) is 21.2. The van der Waals surface area contributed by atoms with Gasteiger partial charge in [0, 0.05) is 0 Å². The molecule has 0 aliphatic rings. The Hall–Kier alpha value is -1.17. The van der Waals surface area contributed by atoms with Crippen LogP contribution in [0.2, 0.25) is 0 Å². The molecule has 3 atom stereocenters. The predicted molar refractivity (Wildman–Crippen MR) is 208 cm³/mol. The third-order valence-corrected chi connectivity index (χ3v) is 9.79. The standard InChI is InChI=1S/C43H83NO4/c1-3-5-7-9-11-13-15-17-18-19-20-21-22-23-24-25-26-28-29-31-33-35-37-41(46)40(39-45)44-43(48)42(47)38-36-34-32-30-27-16-14-12-10-8-6-4-2/h27,30,35,37,40-42,45-47H,3-26,28-29,31-34,36,38-39H2,1-2H3,(H,44,48)/b30-27-,37-35+.